The molecule has 0 aliphatic carbocycles. The highest BCUT2D eigenvalue weighted by molar-refractivity contribution is 5.35. The van der Waals surface area contributed by atoms with E-state index in [1.54, 1.807) is 0 Å². The van der Waals surface area contributed by atoms with E-state index in [0.717, 1.165) is 18.7 Å². The van der Waals surface area contributed by atoms with E-state index in [9.17, 15) is 5.11 Å². The molecule has 0 saturated carbocycles. The Morgan fingerprint density at radius 1 is 1.19 bits per heavy atom. The van der Waals surface area contributed by atoms with E-state index >= 15 is 0 Å². The standard InChI is InChI=1S/C18H29NO2/c1-3-15(2)17-9-5-6-10-18(17)21-14-16(20)13-19-11-7-4-8-12-19/h5-6,9-10,15-16,20H,3-4,7-8,11-14H2,1-2H3/p+1/t15-,16+/m1/s1. The SMILES string of the molecule is CC[C@@H](C)c1ccccc1OC[C@@H](O)C[NH+]1CCCCC1. The predicted molar refractivity (Wildman–Crippen MR) is 86.1 cm³/mol. The molecule has 0 spiro atoms. The fraction of sp³-hybridized carbons (Fsp3) is 0.667. The van der Waals surface area contributed by atoms with Gasteiger partial charge in [0.2, 0.25) is 0 Å². The van der Waals surface area contributed by atoms with E-state index in [4.69, 9.17) is 4.74 Å². The number of aliphatic hydroxyl groups is 1. The van der Waals surface area contributed by atoms with Crippen LogP contribution in [-0.2, 0) is 0 Å². The van der Waals surface area contributed by atoms with Crippen molar-refractivity contribution >= 4 is 0 Å². The van der Waals surface area contributed by atoms with E-state index in [1.165, 1.54) is 42.8 Å². The molecule has 0 radical (unpaired) electrons. The first-order valence-corrected chi connectivity index (χ1v) is 8.44. The van der Waals surface area contributed by atoms with Crippen LogP contribution >= 0.6 is 0 Å². The van der Waals surface area contributed by atoms with Crippen LogP contribution in [-0.4, -0.2) is 37.5 Å². The minimum absolute atomic E-state index is 0.372. The average molecular weight is 292 g/mol. The van der Waals surface area contributed by atoms with E-state index in [1.807, 2.05) is 12.1 Å². The van der Waals surface area contributed by atoms with Crippen molar-refractivity contribution in [1.82, 2.24) is 0 Å². The second kappa shape index (κ2) is 8.40. The zero-order chi connectivity index (χ0) is 15.1. The van der Waals surface area contributed by atoms with E-state index < -0.39 is 0 Å². The summed E-state index contributed by atoms with van der Waals surface area (Å²) in [7, 11) is 0. The first-order chi connectivity index (χ1) is 10.2. The summed E-state index contributed by atoms with van der Waals surface area (Å²) in [5, 5.41) is 10.2. The van der Waals surface area contributed by atoms with Crippen LogP contribution in [0, 0.1) is 0 Å². The number of para-hydroxylation sites is 1. The number of ether oxygens (including phenoxy) is 1. The summed E-state index contributed by atoms with van der Waals surface area (Å²) >= 11 is 0. The van der Waals surface area contributed by atoms with Crippen molar-refractivity contribution in [2.75, 3.05) is 26.2 Å². The van der Waals surface area contributed by atoms with Gasteiger partial charge in [-0.3, -0.25) is 0 Å². The lowest BCUT2D eigenvalue weighted by atomic mass is 9.98. The van der Waals surface area contributed by atoms with Gasteiger partial charge in [0, 0.05) is 0 Å². The van der Waals surface area contributed by atoms with Crippen molar-refractivity contribution in [2.24, 2.45) is 0 Å². The van der Waals surface area contributed by atoms with Crippen LogP contribution in [0.25, 0.3) is 0 Å². The van der Waals surface area contributed by atoms with Gasteiger partial charge in [-0.2, -0.15) is 0 Å². The van der Waals surface area contributed by atoms with E-state index in [-0.39, 0.29) is 6.10 Å². The Morgan fingerprint density at radius 3 is 2.62 bits per heavy atom. The van der Waals surface area contributed by atoms with Gasteiger partial charge in [0.15, 0.2) is 0 Å². The number of hydrogen-bond acceptors (Lipinski definition) is 2. The zero-order valence-corrected chi connectivity index (χ0v) is 13.5. The summed E-state index contributed by atoms with van der Waals surface area (Å²) in [6, 6.07) is 8.21. The van der Waals surface area contributed by atoms with Crippen LogP contribution in [0.3, 0.4) is 0 Å². The molecule has 2 rings (SSSR count). The Hall–Kier alpha value is -1.06. The maximum Gasteiger partial charge on any atom is 0.137 e. The summed E-state index contributed by atoms with van der Waals surface area (Å²) in [6.07, 6.45) is 4.65. The van der Waals surface area contributed by atoms with Crippen molar-refractivity contribution in [3.05, 3.63) is 29.8 Å². The molecule has 2 N–H and O–H groups in total. The fourth-order valence-corrected chi connectivity index (χ4v) is 3.07. The monoisotopic (exact) mass is 292 g/mol. The Morgan fingerprint density at radius 2 is 1.90 bits per heavy atom. The van der Waals surface area contributed by atoms with Gasteiger partial charge < -0.3 is 14.7 Å². The first kappa shape index (κ1) is 16.3. The normalized spacial score (nSPS) is 19.2. The van der Waals surface area contributed by atoms with Crippen molar-refractivity contribution in [3.63, 3.8) is 0 Å². The van der Waals surface area contributed by atoms with Gasteiger partial charge in [0.25, 0.3) is 0 Å². The molecule has 1 aliphatic heterocycles. The van der Waals surface area contributed by atoms with Crippen molar-refractivity contribution < 1.29 is 14.7 Å². The van der Waals surface area contributed by atoms with Crippen molar-refractivity contribution in [3.8, 4) is 5.75 Å². The molecule has 1 fully saturated rings. The van der Waals surface area contributed by atoms with Crippen LogP contribution < -0.4 is 9.64 Å². The molecule has 0 bridgehead atoms. The minimum atomic E-state index is -0.372. The number of nitrogens with one attached hydrogen (secondary N) is 1. The van der Waals surface area contributed by atoms with E-state index in [2.05, 4.69) is 26.0 Å². The Bertz CT molecular complexity index is 415. The maximum atomic E-state index is 10.2. The summed E-state index contributed by atoms with van der Waals surface area (Å²) in [5.41, 5.74) is 1.25. The quantitative estimate of drug-likeness (QED) is 0.806. The molecule has 1 saturated heterocycles. The molecule has 0 unspecified atom stereocenters. The molecule has 1 aromatic carbocycles. The average Bonchev–Trinajstić information content (AvgIpc) is 2.53. The van der Waals surface area contributed by atoms with Gasteiger partial charge in [0.05, 0.1) is 13.1 Å². The van der Waals surface area contributed by atoms with Crippen LogP contribution in [0.1, 0.15) is 51.0 Å². The fourth-order valence-electron chi connectivity index (χ4n) is 3.07. The van der Waals surface area contributed by atoms with E-state index in [0.29, 0.717) is 12.5 Å². The highest BCUT2D eigenvalue weighted by atomic mass is 16.5. The number of benzene rings is 1. The topological polar surface area (TPSA) is 33.9 Å². The van der Waals surface area contributed by atoms with Crippen LogP contribution in [0.15, 0.2) is 24.3 Å². The Balaban J connectivity index is 1.84. The smallest absolute Gasteiger partial charge is 0.137 e. The lowest BCUT2D eigenvalue weighted by Gasteiger charge is -2.26. The molecular weight excluding hydrogens is 262 g/mol. The number of piperidine rings is 1. The molecule has 0 amide bonds. The highest BCUT2D eigenvalue weighted by Gasteiger charge is 2.19. The Kier molecular flexibility index (Phi) is 6.52. The first-order valence-electron chi connectivity index (χ1n) is 8.44. The highest BCUT2D eigenvalue weighted by Crippen LogP contribution is 2.28. The summed E-state index contributed by atoms with van der Waals surface area (Å²) < 4.78 is 5.90. The molecule has 0 aromatic heterocycles. The molecule has 21 heavy (non-hydrogen) atoms. The third kappa shape index (κ3) is 5.01. The van der Waals surface area contributed by atoms with Gasteiger partial charge in [-0.1, -0.05) is 32.0 Å². The third-order valence-electron chi connectivity index (χ3n) is 4.58. The predicted octanol–water partition coefficient (Wildman–Crippen LogP) is 2.01. The summed E-state index contributed by atoms with van der Waals surface area (Å²) in [6.45, 7) is 8.01. The lowest BCUT2D eigenvalue weighted by molar-refractivity contribution is -0.908. The number of quaternary nitrogens is 1. The molecule has 1 aromatic rings. The largest absolute Gasteiger partial charge is 0.490 e. The van der Waals surface area contributed by atoms with Gasteiger partial charge in [-0.15, -0.1) is 0 Å². The number of likely N-dealkylation sites (tertiary alicyclic amines) is 1. The van der Waals surface area contributed by atoms with Gasteiger partial charge in [-0.25, -0.2) is 0 Å². The lowest BCUT2D eigenvalue weighted by Crippen LogP contribution is -3.14. The molecule has 118 valence electrons. The molecule has 3 heteroatoms. The third-order valence-corrected chi connectivity index (χ3v) is 4.58. The van der Waals surface area contributed by atoms with Crippen molar-refractivity contribution in [1.29, 1.82) is 0 Å². The van der Waals surface area contributed by atoms with Gasteiger partial charge in [0.1, 0.15) is 25.0 Å². The number of rotatable bonds is 7. The van der Waals surface area contributed by atoms with Crippen LogP contribution in [0.5, 0.6) is 5.75 Å². The molecule has 3 nitrogen and oxygen atoms in total. The maximum absolute atomic E-state index is 10.2. The molecule has 1 aliphatic rings. The Labute approximate surface area is 128 Å². The second-order valence-corrected chi connectivity index (χ2v) is 6.33. The second-order valence-electron chi connectivity index (χ2n) is 6.33. The number of hydrogen-bond donors (Lipinski definition) is 2. The molecule has 2 atom stereocenters. The summed E-state index contributed by atoms with van der Waals surface area (Å²) in [5.74, 6) is 1.42. The molecular formula is C18H30NO2+. The minimum Gasteiger partial charge on any atom is -0.490 e. The zero-order valence-electron chi connectivity index (χ0n) is 13.5. The van der Waals surface area contributed by atoms with Gasteiger partial charge in [-0.05, 0) is 43.2 Å². The molecule has 1 heterocycles. The van der Waals surface area contributed by atoms with Crippen LogP contribution in [0.2, 0.25) is 0 Å². The number of aliphatic hydroxyl groups excluding tert-OH is 1. The van der Waals surface area contributed by atoms with Crippen LogP contribution in [0.4, 0.5) is 0 Å². The summed E-state index contributed by atoms with van der Waals surface area (Å²) in [4.78, 5) is 1.52. The van der Waals surface area contributed by atoms with Gasteiger partial charge >= 0.3 is 0 Å². The van der Waals surface area contributed by atoms with Crippen molar-refractivity contribution in [2.45, 2.75) is 51.6 Å².